The van der Waals surface area contributed by atoms with Crippen molar-refractivity contribution in [3.05, 3.63) is 27.9 Å². The summed E-state index contributed by atoms with van der Waals surface area (Å²) >= 11 is 0. The van der Waals surface area contributed by atoms with Crippen molar-refractivity contribution in [3.63, 3.8) is 0 Å². The molecule has 0 radical (unpaired) electrons. The van der Waals surface area contributed by atoms with Gasteiger partial charge in [-0.05, 0) is 20.3 Å². The second-order valence-corrected chi connectivity index (χ2v) is 4.06. The molecule has 1 atom stereocenters. The molecule has 6 heteroatoms. The van der Waals surface area contributed by atoms with Crippen LogP contribution in [-0.4, -0.2) is 25.6 Å². The molecule has 0 saturated heterocycles. The molecular formula is C10H15N5O. The van der Waals surface area contributed by atoms with E-state index < -0.39 is 0 Å². The van der Waals surface area contributed by atoms with Gasteiger partial charge in [-0.1, -0.05) is 0 Å². The Morgan fingerprint density at radius 3 is 3.00 bits per heavy atom. The van der Waals surface area contributed by atoms with Gasteiger partial charge >= 0.3 is 0 Å². The van der Waals surface area contributed by atoms with E-state index in [2.05, 4.69) is 15.1 Å². The first-order valence-corrected chi connectivity index (χ1v) is 5.27. The lowest BCUT2D eigenvalue weighted by molar-refractivity contribution is 0.646. The van der Waals surface area contributed by atoms with E-state index in [4.69, 9.17) is 5.73 Å². The van der Waals surface area contributed by atoms with Crippen LogP contribution in [0.4, 0.5) is 0 Å². The third-order valence-electron chi connectivity index (χ3n) is 2.34. The summed E-state index contributed by atoms with van der Waals surface area (Å²) in [6.07, 6.45) is 1.55. The molecule has 0 spiro atoms. The first kappa shape index (κ1) is 10.8. The van der Waals surface area contributed by atoms with Crippen molar-refractivity contribution >= 4 is 5.78 Å². The summed E-state index contributed by atoms with van der Waals surface area (Å²) in [5.41, 5.74) is 6.20. The van der Waals surface area contributed by atoms with E-state index in [1.807, 2.05) is 6.92 Å². The summed E-state index contributed by atoms with van der Waals surface area (Å²) < 4.78 is 1.35. The molecular weight excluding hydrogens is 206 g/mol. The fraction of sp³-hybridized carbons (Fsp3) is 0.500. The van der Waals surface area contributed by atoms with Crippen molar-refractivity contribution in [2.75, 3.05) is 0 Å². The molecule has 0 aliphatic rings. The van der Waals surface area contributed by atoms with Crippen LogP contribution in [0.5, 0.6) is 0 Å². The highest BCUT2D eigenvalue weighted by Gasteiger charge is 2.06. The Kier molecular flexibility index (Phi) is 2.74. The minimum atomic E-state index is -0.137. The van der Waals surface area contributed by atoms with E-state index in [-0.39, 0.29) is 11.6 Å². The monoisotopic (exact) mass is 221 g/mol. The van der Waals surface area contributed by atoms with Gasteiger partial charge in [0.2, 0.25) is 0 Å². The second-order valence-electron chi connectivity index (χ2n) is 4.06. The van der Waals surface area contributed by atoms with Crippen LogP contribution in [0.25, 0.3) is 5.78 Å². The van der Waals surface area contributed by atoms with E-state index in [1.165, 1.54) is 10.6 Å². The highest BCUT2D eigenvalue weighted by molar-refractivity contribution is 5.27. The molecule has 1 unspecified atom stereocenters. The van der Waals surface area contributed by atoms with Crippen molar-refractivity contribution < 1.29 is 0 Å². The Labute approximate surface area is 92.5 Å². The van der Waals surface area contributed by atoms with Gasteiger partial charge in [0.05, 0.1) is 0 Å². The van der Waals surface area contributed by atoms with Crippen LogP contribution in [0.3, 0.4) is 0 Å². The number of aromatic nitrogens is 4. The number of hydrogen-bond acceptors (Lipinski definition) is 4. The number of rotatable bonds is 3. The Hall–Kier alpha value is -1.69. The first-order valence-electron chi connectivity index (χ1n) is 5.27. The molecule has 2 aromatic heterocycles. The van der Waals surface area contributed by atoms with Crippen molar-refractivity contribution in [1.82, 2.24) is 19.6 Å². The zero-order valence-corrected chi connectivity index (χ0v) is 9.40. The summed E-state index contributed by atoms with van der Waals surface area (Å²) in [5.74, 6) is 1.16. The number of nitrogens with one attached hydrogen (secondary N) is 1. The van der Waals surface area contributed by atoms with Gasteiger partial charge < -0.3 is 5.73 Å². The van der Waals surface area contributed by atoms with Gasteiger partial charge in [0.1, 0.15) is 5.82 Å². The van der Waals surface area contributed by atoms with E-state index >= 15 is 0 Å². The zero-order chi connectivity index (χ0) is 11.7. The number of nitrogens with zero attached hydrogens (tertiary/aromatic N) is 3. The van der Waals surface area contributed by atoms with Gasteiger partial charge in [-0.3, -0.25) is 9.89 Å². The Morgan fingerprint density at radius 1 is 1.56 bits per heavy atom. The number of nitrogens with two attached hydrogens (primary N) is 1. The van der Waals surface area contributed by atoms with Crippen LogP contribution in [0.2, 0.25) is 0 Å². The average Bonchev–Trinajstić information content (AvgIpc) is 2.57. The van der Waals surface area contributed by atoms with Crippen LogP contribution in [-0.2, 0) is 6.42 Å². The van der Waals surface area contributed by atoms with Gasteiger partial charge in [0.25, 0.3) is 11.3 Å². The van der Waals surface area contributed by atoms with E-state index in [1.54, 1.807) is 6.92 Å². The molecule has 0 aliphatic heterocycles. The molecule has 0 amide bonds. The summed E-state index contributed by atoms with van der Waals surface area (Å²) in [4.78, 5) is 20.0. The molecule has 2 aromatic rings. The molecule has 0 saturated carbocycles. The summed E-state index contributed by atoms with van der Waals surface area (Å²) in [6, 6.07) is 1.60. The molecule has 0 bridgehead atoms. The molecule has 86 valence electrons. The van der Waals surface area contributed by atoms with Crippen molar-refractivity contribution in [3.8, 4) is 0 Å². The maximum atomic E-state index is 11.6. The van der Waals surface area contributed by atoms with Crippen molar-refractivity contribution in [2.24, 2.45) is 5.73 Å². The molecule has 0 aliphatic carbocycles. The number of fused-ring (bicyclic) bond motifs is 1. The fourth-order valence-corrected chi connectivity index (χ4v) is 1.51. The fourth-order valence-electron chi connectivity index (χ4n) is 1.51. The van der Waals surface area contributed by atoms with Crippen LogP contribution in [0, 0.1) is 6.92 Å². The lowest BCUT2D eigenvalue weighted by Crippen LogP contribution is -2.16. The van der Waals surface area contributed by atoms with E-state index in [0.29, 0.717) is 11.5 Å². The van der Waals surface area contributed by atoms with Gasteiger partial charge in [0.15, 0.2) is 0 Å². The summed E-state index contributed by atoms with van der Waals surface area (Å²) in [5, 5.41) is 2.92. The summed E-state index contributed by atoms with van der Waals surface area (Å²) in [7, 11) is 0. The van der Waals surface area contributed by atoms with Crippen LogP contribution in [0.1, 0.15) is 24.9 Å². The second kappa shape index (κ2) is 4.05. The molecule has 3 N–H and O–H groups in total. The summed E-state index contributed by atoms with van der Waals surface area (Å²) in [6.45, 7) is 3.72. The predicted molar refractivity (Wildman–Crippen MR) is 60.3 cm³/mol. The highest BCUT2D eigenvalue weighted by Crippen LogP contribution is 2.00. The Bertz CT molecular complexity index is 554. The standard InChI is InChI=1S/C10H15N5O/c1-6(11)3-4-8-13-10-12-7(2)5-9(16)15(10)14-8/h5-6H,3-4,11H2,1-2H3,(H,12,13,14). The lowest BCUT2D eigenvalue weighted by atomic mass is 10.2. The minimum absolute atomic E-state index is 0.125. The number of aromatic amines is 1. The van der Waals surface area contributed by atoms with Gasteiger partial charge in [-0.15, -0.1) is 0 Å². The maximum Gasteiger partial charge on any atom is 0.274 e. The average molecular weight is 221 g/mol. The largest absolute Gasteiger partial charge is 0.328 e. The van der Waals surface area contributed by atoms with Crippen LogP contribution >= 0.6 is 0 Å². The molecule has 6 nitrogen and oxygen atoms in total. The number of hydrogen-bond donors (Lipinski definition) is 2. The molecule has 2 heterocycles. The van der Waals surface area contributed by atoms with E-state index in [0.717, 1.165) is 18.7 Å². The van der Waals surface area contributed by atoms with Crippen LogP contribution < -0.4 is 11.3 Å². The number of H-pyrrole nitrogens is 1. The molecule has 0 aromatic carbocycles. The SMILES string of the molecule is Cc1cc(=O)n2[nH]c(CCC(C)N)nc2n1. The van der Waals surface area contributed by atoms with Crippen molar-refractivity contribution in [2.45, 2.75) is 32.7 Å². The quantitative estimate of drug-likeness (QED) is 0.763. The Balaban J connectivity index is 2.36. The van der Waals surface area contributed by atoms with Gasteiger partial charge in [-0.25, -0.2) is 4.98 Å². The topological polar surface area (TPSA) is 89.1 Å². The van der Waals surface area contributed by atoms with E-state index in [9.17, 15) is 4.79 Å². The maximum absolute atomic E-state index is 11.6. The lowest BCUT2D eigenvalue weighted by Gasteiger charge is -2.00. The molecule has 0 fully saturated rings. The number of aryl methyl sites for hydroxylation is 2. The highest BCUT2D eigenvalue weighted by atomic mass is 16.1. The first-order chi connectivity index (χ1) is 7.56. The normalized spacial score (nSPS) is 13.2. The van der Waals surface area contributed by atoms with Crippen molar-refractivity contribution in [1.29, 1.82) is 0 Å². The Morgan fingerprint density at radius 2 is 2.31 bits per heavy atom. The molecule has 16 heavy (non-hydrogen) atoms. The third-order valence-corrected chi connectivity index (χ3v) is 2.34. The third kappa shape index (κ3) is 2.11. The zero-order valence-electron chi connectivity index (χ0n) is 9.40. The smallest absolute Gasteiger partial charge is 0.274 e. The van der Waals surface area contributed by atoms with Gasteiger partial charge in [0, 0.05) is 24.2 Å². The van der Waals surface area contributed by atoms with Crippen LogP contribution in [0.15, 0.2) is 10.9 Å². The molecule has 2 rings (SSSR count). The minimum Gasteiger partial charge on any atom is -0.328 e. The predicted octanol–water partition coefficient (Wildman–Crippen LogP) is 0.00582. The van der Waals surface area contributed by atoms with Gasteiger partial charge in [-0.2, -0.15) is 9.50 Å².